The molecule has 5 rings (SSSR count). The van der Waals surface area contributed by atoms with E-state index in [4.69, 9.17) is 25.5 Å². The molecule has 0 unspecified atom stereocenters. The van der Waals surface area contributed by atoms with Crippen LogP contribution in [0.15, 0.2) is 51.7 Å². The van der Waals surface area contributed by atoms with Gasteiger partial charge in [0.25, 0.3) is 5.91 Å². The van der Waals surface area contributed by atoms with Crippen molar-refractivity contribution in [3.05, 3.63) is 69.0 Å². The maximum Gasteiger partial charge on any atom is 0.287 e. The van der Waals surface area contributed by atoms with E-state index in [1.165, 1.54) is 39.5 Å². The molecule has 2 aliphatic rings. The number of rotatable bonds is 11. The highest BCUT2D eigenvalue weighted by Gasteiger charge is 2.48. The lowest BCUT2D eigenvalue weighted by atomic mass is 9.63. The molecule has 260 valence electrons. The standard InChI is InChI=1S/C38H50ClN3O6/c1-37(2,3)41-36(45)38(26-9-7-6-8-10-26)16-19-42(20-17-38)18-15-28(21-25-11-13-27(39)14-12-25)40-35(44)34-23-30(43)29-22-32(46-4)33(47-5)24-31(29)48-34/h11-14,22-24,26,28H,6-10,15-21H2,1-5H3,(H,40,44)(H,41,45)/t28-/m1/s1. The average molecular weight is 680 g/mol. The predicted octanol–water partition coefficient (Wildman–Crippen LogP) is 6.77. The lowest BCUT2D eigenvalue weighted by molar-refractivity contribution is -0.141. The van der Waals surface area contributed by atoms with Crippen LogP contribution in [0.4, 0.5) is 0 Å². The quantitative estimate of drug-likeness (QED) is 0.230. The number of nitrogens with zero attached hydrogens (tertiary/aromatic N) is 1. The van der Waals surface area contributed by atoms with Crippen molar-refractivity contribution >= 4 is 34.4 Å². The van der Waals surface area contributed by atoms with Crippen LogP contribution in [-0.2, 0) is 11.2 Å². The minimum Gasteiger partial charge on any atom is -0.493 e. The number of fused-ring (bicyclic) bond motifs is 1. The van der Waals surface area contributed by atoms with Crippen molar-refractivity contribution in [3.63, 3.8) is 0 Å². The van der Waals surface area contributed by atoms with E-state index in [-0.39, 0.29) is 39.7 Å². The van der Waals surface area contributed by atoms with Crippen LogP contribution in [0.25, 0.3) is 11.0 Å². The van der Waals surface area contributed by atoms with E-state index >= 15 is 0 Å². The summed E-state index contributed by atoms with van der Waals surface area (Å²) in [4.78, 5) is 42.9. The molecule has 0 bridgehead atoms. The summed E-state index contributed by atoms with van der Waals surface area (Å²) in [5, 5.41) is 7.41. The lowest BCUT2D eigenvalue weighted by Crippen LogP contribution is -2.56. The number of nitrogens with one attached hydrogen (secondary N) is 2. The third-order valence-corrected chi connectivity index (χ3v) is 10.3. The van der Waals surface area contributed by atoms with Gasteiger partial charge in [0.15, 0.2) is 22.7 Å². The Balaban J connectivity index is 1.30. The second kappa shape index (κ2) is 15.3. The van der Waals surface area contributed by atoms with Crippen molar-refractivity contribution in [2.45, 2.75) is 90.1 Å². The number of benzene rings is 2. The average Bonchev–Trinajstić information content (AvgIpc) is 3.07. The van der Waals surface area contributed by atoms with Gasteiger partial charge in [-0.1, -0.05) is 43.0 Å². The number of halogens is 1. The van der Waals surface area contributed by atoms with E-state index in [2.05, 4.69) is 36.3 Å². The van der Waals surface area contributed by atoms with Gasteiger partial charge in [0.1, 0.15) is 5.58 Å². The Labute approximate surface area is 288 Å². The number of methoxy groups -OCH3 is 2. The molecule has 1 aliphatic carbocycles. The lowest BCUT2D eigenvalue weighted by Gasteiger charge is -2.47. The van der Waals surface area contributed by atoms with Crippen molar-refractivity contribution in [2.75, 3.05) is 33.9 Å². The van der Waals surface area contributed by atoms with E-state index in [1.54, 1.807) is 12.1 Å². The summed E-state index contributed by atoms with van der Waals surface area (Å²) >= 11 is 6.15. The molecule has 1 aliphatic heterocycles. The van der Waals surface area contributed by atoms with Crippen LogP contribution < -0.4 is 25.5 Å². The first-order chi connectivity index (χ1) is 22.9. The Kier molecular flexibility index (Phi) is 11.4. The summed E-state index contributed by atoms with van der Waals surface area (Å²) < 4.78 is 16.6. The van der Waals surface area contributed by atoms with Gasteiger partial charge >= 0.3 is 0 Å². The normalized spacial score (nSPS) is 17.9. The first-order valence-corrected chi connectivity index (χ1v) is 17.6. The van der Waals surface area contributed by atoms with Gasteiger partial charge in [0.2, 0.25) is 5.91 Å². The molecule has 1 atom stereocenters. The SMILES string of the molecule is COc1cc2oc(C(=O)N[C@H](CCN3CCC(C(=O)NC(C)(C)C)(C4CCCCC4)CC3)Cc3ccc(Cl)cc3)cc(=O)c2cc1OC. The summed E-state index contributed by atoms with van der Waals surface area (Å²) in [6, 6.07) is 11.7. The van der Waals surface area contributed by atoms with E-state index < -0.39 is 5.91 Å². The molecule has 9 nitrogen and oxygen atoms in total. The van der Waals surface area contributed by atoms with Crippen molar-refractivity contribution in [1.29, 1.82) is 0 Å². The number of ether oxygens (including phenoxy) is 2. The fourth-order valence-corrected chi connectivity index (χ4v) is 7.56. The molecule has 2 amide bonds. The molecule has 2 heterocycles. The van der Waals surface area contributed by atoms with Gasteiger partial charge in [-0.3, -0.25) is 14.4 Å². The first kappa shape index (κ1) is 35.7. The second-order valence-corrected chi connectivity index (χ2v) is 14.9. The Morgan fingerprint density at radius 3 is 2.27 bits per heavy atom. The first-order valence-electron chi connectivity index (χ1n) is 17.2. The monoisotopic (exact) mass is 679 g/mol. The molecule has 2 aromatic carbocycles. The molecule has 10 heteroatoms. The molecule has 1 saturated heterocycles. The van der Waals surface area contributed by atoms with Gasteiger partial charge in [-0.15, -0.1) is 0 Å². The molecular weight excluding hydrogens is 630 g/mol. The number of carbonyl (C=O) groups excluding carboxylic acids is 2. The van der Waals surface area contributed by atoms with Gasteiger partial charge in [0, 0.05) is 35.3 Å². The van der Waals surface area contributed by atoms with Gasteiger partial charge < -0.3 is 29.4 Å². The van der Waals surface area contributed by atoms with Crippen molar-refractivity contribution < 1.29 is 23.5 Å². The fourth-order valence-electron chi connectivity index (χ4n) is 7.44. The van der Waals surface area contributed by atoms with E-state index in [9.17, 15) is 14.4 Å². The number of amides is 2. The van der Waals surface area contributed by atoms with Crippen LogP contribution in [0, 0.1) is 11.3 Å². The number of hydrogen-bond acceptors (Lipinski definition) is 7. The van der Waals surface area contributed by atoms with Crippen LogP contribution in [0.3, 0.4) is 0 Å². The Morgan fingerprint density at radius 1 is 1.00 bits per heavy atom. The zero-order valence-electron chi connectivity index (χ0n) is 29.0. The van der Waals surface area contributed by atoms with Gasteiger partial charge in [-0.05, 0) is 102 Å². The van der Waals surface area contributed by atoms with E-state index in [1.807, 2.05) is 24.3 Å². The number of carbonyl (C=O) groups is 2. The molecule has 1 aromatic heterocycles. The fraction of sp³-hybridized carbons (Fsp3) is 0.553. The maximum absolute atomic E-state index is 13.8. The van der Waals surface area contributed by atoms with E-state index in [0.29, 0.717) is 40.7 Å². The Bertz CT molecular complexity index is 1630. The Hall–Kier alpha value is -3.56. The molecule has 0 radical (unpaired) electrons. The van der Waals surface area contributed by atoms with Gasteiger partial charge in [0.05, 0.1) is 25.0 Å². The number of likely N-dealkylation sites (tertiary alicyclic amines) is 1. The maximum atomic E-state index is 13.8. The highest BCUT2D eigenvalue weighted by Crippen LogP contribution is 2.46. The topological polar surface area (TPSA) is 110 Å². The highest BCUT2D eigenvalue weighted by molar-refractivity contribution is 6.30. The third-order valence-electron chi connectivity index (χ3n) is 10.1. The van der Waals surface area contributed by atoms with Crippen molar-refractivity contribution in [3.8, 4) is 11.5 Å². The van der Waals surface area contributed by atoms with Crippen LogP contribution in [0.2, 0.25) is 5.02 Å². The van der Waals surface area contributed by atoms with Crippen LogP contribution >= 0.6 is 11.6 Å². The summed E-state index contributed by atoms with van der Waals surface area (Å²) in [5.41, 5.74) is 0.329. The minimum atomic E-state index is -0.462. The molecule has 2 fully saturated rings. The summed E-state index contributed by atoms with van der Waals surface area (Å²) in [5.74, 6) is 0.905. The number of hydrogen-bond donors (Lipinski definition) is 2. The van der Waals surface area contributed by atoms with Crippen LogP contribution in [0.1, 0.15) is 88.3 Å². The largest absolute Gasteiger partial charge is 0.493 e. The molecule has 48 heavy (non-hydrogen) atoms. The molecule has 0 spiro atoms. The smallest absolute Gasteiger partial charge is 0.287 e. The Morgan fingerprint density at radius 2 is 1.65 bits per heavy atom. The van der Waals surface area contributed by atoms with Gasteiger partial charge in [-0.2, -0.15) is 0 Å². The zero-order chi connectivity index (χ0) is 34.5. The second-order valence-electron chi connectivity index (χ2n) is 14.5. The highest BCUT2D eigenvalue weighted by atomic mass is 35.5. The molecule has 1 saturated carbocycles. The van der Waals surface area contributed by atoms with Crippen molar-refractivity contribution in [1.82, 2.24) is 15.5 Å². The summed E-state index contributed by atoms with van der Waals surface area (Å²) in [7, 11) is 2.99. The third kappa shape index (κ3) is 8.53. The van der Waals surface area contributed by atoms with Crippen LogP contribution in [0.5, 0.6) is 11.5 Å². The molecule has 3 aromatic rings. The molecule has 2 N–H and O–H groups in total. The molecular formula is C38H50ClN3O6. The van der Waals surface area contributed by atoms with Crippen LogP contribution in [-0.4, -0.2) is 62.1 Å². The van der Waals surface area contributed by atoms with Gasteiger partial charge in [-0.25, -0.2) is 0 Å². The summed E-state index contributed by atoms with van der Waals surface area (Å²) in [6.07, 6.45) is 8.84. The van der Waals surface area contributed by atoms with E-state index in [0.717, 1.165) is 50.9 Å². The minimum absolute atomic E-state index is 0.0686. The summed E-state index contributed by atoms with van der Waals surface area (Å²) in [6.45, 7) is 8.60. The number of piperidine rings is 1. The van der Waals surface area contributed by atoms with Crippen molar-refractivity contribution in [2.24, 2.45) is 11.3 Å². The zero-order valence-corrected chi connectivity index (χ0v) is 29.7. The predicted molar refractivity (Wildman–Crippen MR) is 189 cm³/mol.